The summed E-state index contributed by atoms with van der Waals surface area (Å²) >= 11 is 0. The summed E-state index contributed by atoms with van der Waals surface area (Å²) in [6.45, 7) is 6.44. The van der Waals surface area contributed by atoms with Gasteiger partial charge >= 0.3 is 5.97 Å². The van der Waals surface area contributed by atoms with Gasteiger partial charge in [0.25, 0.3) is 0 Å². The standard InChI is InChI=1S/C12H23NO3/c1-9(2)11(7-13)12(14)16-8-10-3-5-15-6-4-10/h9-11H,3-8,13H2,1-2H3. The molecule has 0 aliphatic carbocycles. The number of hydrogen-bond donors (Lipinski definition) is 1. The van der Waals surface area contributed by atoms with Crippen LogP contribution in [0.25, 0.3) is 0 Å². The summed E-state index contributed by atoms with van der Waals surface area (Å²) in [7, 11) is 0. The molecular formula is C12H23NO3. The second kappa shape index (κ2) is 6.86. The van der Waals surface area contributed by atoms with Crippen LogP contribution in [0.3, 0.4) is 0 Å². The maximum absolute atomic E-state index is 11.7. The fourth-order valence-corrected chi connectivity index (χ4v) is 1.86. The van der Waals surface area contributed by atoms with Gasteiger partial charge in [-0.05, 0) is 24.7 Å². The van der Waals surface area contributed by atoms with Gasteiger partial charge in [-0.3, -0.25) is 4.79 Å². The molecule has 4 nitrogen and oxygen atoms in total. The third kappa shape index (κ3) is 4.10. The number of ether oxygens (including phenoxy) is 2. The predicted octanol–water partition coefficient (Wildman–Crippen LogP) is 1.19. The quantitative estimate of drug-likeness (QED) is 0.719. The molecule has 0 aromatic heterocycles. The first-order valence-electron chi connectivity index (χ1n) is 6.09. The monoisotopic (exact) mass is 229 g/mol. The molecule has 0 spiro atoms. The van der Waals surface area contributed by atoms with Crippen molar-refractivity contribution >= 4 is 5.97 Å². The molecule has 0 amide bonds. The maximum atomic E-state index is 11.7. The van der Waals surface area contributed by atoms with Gasteiger partial charge in [0, 0.05) is 19.8 Å². The van der Waals surface area contributed by atoms with E-state index >= 15 is 0 Å². The number of rotatable bonds is 5. The lowest BCUT2D eigenvalue weighted by Gasteiger charge is -2.23. The van der Waals surface area contributed by atoms with Crippen LogP contribution in [-0.2, 0) is 14.3 Å². The minimum atomic E-state index is -0.167. The van der Waals surface area contributed by atoms with Gasteiger partial charge in [0.05, 0.1) is 12.5 Å². The number of hydrogen-bond acceptors (Lipinski definition) is 4. The Morgan fingerprint density at radius 2 is 2.06 bits per heavy atom. The zero-order valence-corrected chi connectivity index (χ0v) is 10.3. The normalized spacial score (nSPS) is 19.8. The van der Waals surface area contributed by atoms with E-state index in [-0.39, 0.29) is 17.8 Å². The number of esters is 1. The van der Waals surface area contributed by atoms with Crippen molar-refractivity contribution in [3.63, 3.8) is 0 Å². The predicted molar refractivity (Wildman–Crippen MR) is 61.9 cm³/mol. The summed E-state index contributed by atoms with van der Waals surface area (Å²) in [6.07, 6.45) is 1.98. The molecule has 1 fully saturated rings. The van der Waals surface area contributed by atoms with Crippen LogP contribution in [0.1, 0.15) is 26.7 Å². The summed E-state index contributed by atoms with van der Waals surface area (Å²) < 4.78 is 10.6. The van der Waals surface area contributed by atoms with Crippen LogP contribution < -0.4 is 5.73 Å². The Bertz CT molecular complexity index is 212. The molecule has 0 bridgehead atoms. The fraction of sp³-hybridized carbons (Fsp3) is 0.917. The van der Waals surface area contributed by atoms with Crippen molar-refractivity contribution in [1.82, 2.24) is 0 Å². The third-order valence-corrected chi connectivity index (χ3v) is 3.16. The van der Waals surface area contributed by atoms with Crippen LogP contribution in [0, 0.1) is 17.8 Å². The van der Waals surface area contributed by atoms with E-state index in [0.29, 0.717) is 19.1 Å². The Balaban J connectivity index is 2.27. The van der Waals surface area contributed by atoms with Gasteiger partial charge < -0.3 is 15.2 Å². The number of carbonyl (C=O) groups is 1. The molecule has 1 rings (SSSR count). The fourth-order valence-electron chi connectivity index (χ4n) is 1.86. The molecule has 1 aliphatic rings. The molecule has 0 aromatic carbocycles. The van der Waals surface area contributed by atoms with E-state index in [1.165, 1.54) is 0 Å². The molecule has 16 heavy (non-hydrogen) atoms. The van der Waals surface area contributed by atoms with Gasteiger partial charge in [-0.25, -0.2) is 0 Å². The van der Waals surface area contributed by atoms with Crippen LogP contribution >= 0.6 is 0 Å². The van der Waals surface area contributed by atoms with Crippen molar-refractivity contribution < 1.29 is 14.3 Å². The Labute approximate surface area is 97.5 Å². The van der Waals surface area contributed by atoms with Gasteiger partial charge in [-0.2, -0.15) is 0 Å². The molecule has 1 atom stereocenters. The molecule has 1 aliphatic heterocycles. The molecule has 0 saturated carbocycles. The third-order valence-electron chi connectivity index (χ3n) is 3.16. The van der Waals surface area contributed by atoms with Gasteiger partial charge in [-0.15, -0.1) is 0 Å². The first kappa shape index (κ1) is 13.5. The largest absolute Gasteiger partial charge is 0.465 e. The molecule has 94 valence electrons. The smallest absolute Gasteiger partial charge is 0.310 e. The van der Waals surface area contributed by atoms with Crippen molar-refractivity contribution in [3.8, 4) is 0 Å². The van der Waals surface area contributed by atoms with E-state index in [9.17, 15) is 4.79 Å². The second-order valence-electron chi connectivity index (χ2n) is 4.77. The Morgan fingerprint density at radius 3 is 2.56 bits per heavy atom. The highest BCUT2D eigenvalue weighted by Gasteiger charge is 2.23. The summed E-state index contributed by atoms with van der Waals surface area (Å²) in [5.74, 6) is 0.388. The highest BCUT2D eigenvalue weighted by atomic mass is 16.5. The highest BCUT2D eigenvalue weighted by Crippen LogP contribution is 2.17. The molecule has 0 radical (unpaired) electrons. The van der Waals surface area contributed by atoms with Crippen LogP contribution in [0.5, 0.6) is 0 Å². The molecule has 1 saturated heterocycles. The van der Waals surface area contributed by atoms with Crippen LogP contribution in [-0.4, -0.2) is 32.3 Å². The summed E-state index contributed by atoms with van der Waals surface area (Å²) in [6, 6.07) is 0. The van der Waals surface area contributed by atoms with E-state index in [0.717, 1.165) is 26.1 Å². The van der Waals surface area contributed by atoms with E-state index in [1.807, 2.05) is 13.8 Å². The lowest BCUT2D eigenvalue weighted by molar-refractivity contribution is -0.152. The zero-order valence-electron chi connectivity index (χ0n) is 10.3. The summed E-state index contributed by atoms with van der Waals surface area (Å²) in [5.41, 5.74) is 5.56. The number of nitrogens with two attached hydrogens (primary N) is 1. The van der Waals surface area contributed by atoms with Crippen molar-refractivity contribution in [2.45, 2.75) is 26.7 Å². The first-order valence-corrected chi connectivity index (χ1v) is 6.09. The summed E-state index contributed by atoms with van der Waals surface area (Å²) in [4.78, 5) is 11.7. The van der Waals surface area contributed by atoms with Gasteiger partial charge in [0.2, 0.25) is 0 Å². The maximum Gasteiger partial charge on any atom is 0.310 e. The SMILES string of the molecule is CC(C)C(CN)C(=O)OCC1CCOCC1. The van der Waals surface area contributed by atoms with Gasteiger partial charge in [0.15, 0.2) is 0 Å². The Kier molecular flexibility index (Phi) is 5.77. The van der Waals surface area contributed by atoms with Gasteiger partial charge in [-0.1, -0.05) is 13.8 Å². The number of carbonyl (C=O) groups excluding carboxylic acids is 1. The first-order chi connectivity index (χ1) is 7.65. The Hall–Kier alpha value is -0.610. The lowest BCUT2D eigenvalue weighted by atomic mass is 9.96. The van der Waals surface area contributed by atoms with Crippen LogP contribution in [0.4, 0.5) is 0 Å². The van der Waals surface area contributed by atoms with E-state index in [2.05, 4.69) is 0 Å². The topological polar surface area (TPSA) is 61.6 Å². The Morgan fingerprint density at radius 1 is 1.44 bits per heavy atom. The van der Waals surface area contributed by atoms with Crippen molar-refractivity contribution in [2.24, 2.45) is 23.5 Å². The molecular weight excluding hydrogens is 206 g/mol. The zero-order chi connectivity index (χ0) is 12.0. The van der Waals surface area contributed by atoms with Crippen LogP contribution in [0.15, 0.2) is 0 Å². The molecule has 4 heteroatoms. The lowest BCUT2D eigenvalue weighted by Crippen LogP contribution is -2.32. The second-order valence-corrected chi connectivity index (χ2v) is 4.77. The van der Waals surface area contributed by atoms with Crippen molar-refractivity contribution in [1.29, 1.82) is 0 Å². The van der Waals surface area contributed by atoms with Gasteiger partial charge in [0.1, 0.15) is 0 Å². The molecule has 1 unspecified atom stereocenters. The van der Waals surface area contributed by atoms with Crippen molar-refractivity contribution in [3.05, 3.63) is 0 Å². The molecule has 0 aromatic rings. The minimum absolute atomic E-state index is 0.149. The molecule has 1 heterocycles. The summed E-state index contributed by atoms with van der Waals surface area (Å²) in [5, 5.41) is 0. The van der Waals surface area contributed by atoms with E-state index < -0.39 is 0 Å². The molecule has 2 N–H and O–H groups in total. The minimum Gasteiger partial charge on any atom is -0.465 e. The average Bonchev–Trinajstić information content (AvgIpc) is 2.28. The average molecular weight is 229 g/mol. The highest BCUT2D eigenvalue weighted by molar-refractivity contribution is 5.72. The van der Waals surface area contributed by atoms with Crippen molar-refractivity contribution in [2.75, 3.05) is 26.4 Å². The van der Waals surface area contributed by atoms with Crippen LogP contribution in [0.2, 0.25) is 0 Å². The van der Waals surface area contributed by atoms with E-state index in [1.54, 1.807) is 0 Å². The van der Waals surface area contributed by atoms with E-state index in [4.69, 9.17) is 15.2 Å².